The van der Waals surface area contributed by atoms with E-state index in [1.165, 1.54) is 0 Å². The summed E-state index contributed by atoms with van der Waals surface area (Å²) in [5.41, 5.74) is 5.02. The first kappa shape index (κ1) is 15.2. The normalized spacial score (nSPS) is 13.2. The predicted molar refractivity (Wildman–Crippen MR) is 72.7 cm³/mol. The van der Waals surface area contributed by atoms with E-state index in [0.29, 0.717) is 15.6 Å². The molecule has 1 aromatic rings. The van der Waals surface area contributed by atoms with Crippen molar-refractivity contribution < 1.29 is 9.90 Å². The minimum absolute atomic E-state index is 0.00289. The van der Waals surface area contributed by atoms with Crippen molar-refractivity contribution in [1.82, 2.24) is 5.32 Å². The molecule has 18 heavy (non-hydrogen) atoms. The van der Waals surface area contributed by atoms with Crippen LogP contribution in [0.15, 0.2) is 18.2 Å². The van der Waals surface area contributed by atoms with Crippen LogP contribution in [0.1, 0.15) is 25.5 Å². The number of aliphatic hydroxyl groups is 1. The van der Waals surface area contributed by atoms with E-state index in [1.807, 2.05) is 0 Å². The Hall–Kier alpha value is -0.810. The fourth-order valence-electron chi connectivity index (χ4n) is 1.35. The quantitative estimate of drug-likeness (QED) is 0.793. The van der Waals surface area contributed by atoms with Gasteiger partial charge in [-0.15, -0.1) is 0 Å². The van der Waals surface area contributed by atoms with Crippen LogP contribution < -0.4 is 11.1 Å². The molecule has 0 saturated carbocycles. The largest absolute Gasteiger partial charge is 0.386 e. The van der Waals surface area contributed by atoms with Crippen LogP contribution in [0.3, 0.4) is 0 Å². The number of rotatable bonds is 4. The van der Waals surface area contributed by atoms with Gasteiger partial charge >= 0.3 is 0 Å². The van der Waals surface area contributed by atoms with Crippen LogP contribution >= 0.6 is 23.2 Å². The van der Waals surface area contributed by atoms with Gasteiger partial charge in [-0.3, -0.25) is 4.79 Å². The van der Waals surface area contributed by atoms with Crippen LogP contribution in [0.25, 0.3) is 0 Å². The summed E-state index contributed by atoms with van der Waals surface area (Å²) in [5, 5.41) is 13.2. The molecule has 4 nitrogen and oxygen atoms in total. The molecule has 0 fully saturated rings. The first-order valence-electron chi connectivity index (χ1n) is 5.42. The van der Waals surface area contributed by atoms with Gasteiger partial charge in [0.05, 0.1) is 11.6 Å². The highest BCUT2D eigenvalue weighted by atomic mass is 35.5. The first-order chi connectivity index (χ1) is 8.23. The molecule has 0 aliphatic rings. The van der Waals surface area contributed by atoms with Gasteiger partial charge < -0.3 is 16.2 Å². The van der Waals surface area contributed by atoms with Crippen molar-refractivity contribution >= 4 is 29.1 Å². The zero-order valence-corrected chi connectivity index (χ0v) is 11.7. The van der Waals surface area contributed by atoms with Gasteiger partial charge in [-0.1, -0.05) is 29.3 Å². The maximum Gasteiger partial charge on any atom is 0.239 e. The maximum atomic E-state index is 11.6. The Balaban J connectivity index is 2.72. The molecule has 1 amide bonds. The fourth-order valence-corrected chi connectivity index (χ4v) is 2.00. The summed E-state index contributed by atoms with van der Waals surface area (Å²) in [7, 11) is 0. The van der Waals surface area contributed by atoms with Crippen molar-refractivity contribution in [3.05, 3.63) is 33.8 Å². The minimum Gasteiger partial charge on any atom is -0.386 e. The minimum atomic E-state index is -0.996. The second-order valence-electron chi connectivity index (χ2n) is 4.58. The van der Waals surface area contributed by atoms with Crippen molar-refractivity contribution in [3.63, 3.8) is 0 Å². The molecule has 1 atom stereocenters. The molecule has 0 radical (unpaired) electrons. The number of nitrogens with one attached hydrogen (secondary N) is 1. The molecular weight excluding hydrogens is 275 g/mol. The summed E-state index contributed by atoms with van der Waals surface area (Å²) < 4.78 is 0. The molecule has 0 saturated heterocycles. The highest BCUT2D eigenvalue weighted by Crippen LogP contribution is 2.29. The number of benzene rings is 1. The second-order valence-corrected chi connectivity index (χ2v) is 5.40. The smallest absolute Gasteiger partial charge is 0.239 e. The van der Waals surface area contributed by atoms with E-state index >= 15 is 0 Å². The van der Waals surface area contributed by atoms with Crippen molar-refractivity contribution in [2.75, 3.05) is 6.54 Å². The average molecular weight is 291 g/mol. The molecule has 0 bridgehead atoms. The van der Waals surface area contributed by atoms with Crippen molar-refractivity contribution in [2.24, 2.45) is 5.73 Å². The molecule has 0 aromatic heterocycles. The number of carbonyl (C=O) groups is 1. The summed E-state index contributed by atoms with van der Waals surface area (Å²) in [4.78, 5) is 11.6. The van der Waals surface area contributed by atoms with E-state index in [1.54, 1.807) is 32.0 Å². The van der Waals surface area contributed by atoms with E-state index in [2.05, 4.69) is 5.32 Å². The zero-order valence-electron chi connectivity index (χ0n) is 10.2. The lowest BCUT2D eigenvalue weighted by Crippen LogP contribution is -2.49. The van der Waals surface area contributed by atoms with E-state index in [9.17, 15) is 9.90 Å². The third kappa shape index (κ3) is 3.85. The molecule has 1 rings (SSSR count). The third-order valence-electron chi connectivity index (χ3n) is 2.37. The number of amides is 1. The van der Waals surface area contributed by atoms with Gasteiger partial charge in [0, 0.05) is 22.2 Å². The van der Waals surface area contributed by atoms with Gasteiger partial charge in [-0.05, 0) is 26.0 Å². The molecule has 0 heterocycles. The van der Waals surface area contributed by atoms with Gasteiger partial charge in [0.1, 0.15) is 0 Å². The topological polar surface area (TPSA) is 75.4 Å². The molecular formula is C12H16Cl2N2O2. The standard InChI is InChI=1S/C12H16Cl2N2O2/c1-12(2,15)11(18)16-6-9(17)10-7(13)4-3-5-8(10)14/h3-5,9,17H,6,15H2,1-2H3,(H,16,18). The molecule has 0 aliphatic carbocycles. The van der Waals surface area contributed by atoms with Crippen molar-refractivity contribution in [1.29, 1.82) is 0 Å². The number of hydrogen-bond acceptors (Lipinski definition) is 3. The molecule has 1 aromatic carbocycles. The second kappa shape index (κ2) is 5.89. The fraction of sp³-hybridized carbons (Fsp3) is 0.417. The number of hydrogen-bond donors (Lipinski definition) is 3. The predicted octanol–water partition coefficient (Wildman–Crippen LogP) is 1.88. The molecule has 100 valence electrons. The maximum absolute atomic E-state index is 11.6. The number of halogens is 2. The van der Waals surface area contributed by atoms with Crippen molar-refractivity contribution in [3.8, 4) is 0 Å². The van der Waals surface area contributed by atoms with Crippen LogP contribution in [0.2, 0.25) is 10.0 Å². The van der Waals surface area contributed by atoms with Crippen LogP contribution in [-0.2, 0) is 4.79 Å². The number of aliphatic hydroxyl groups excluding tert-OH is 1. The van der Waals surface area contributed by atoms with Gasteiger partial charge in [-0.2, -0.15) is 0 Å². The summed E-state index contributed by atoms with van der Waals surface area (Å²) in [5.74, 6) is -0.357. The van der Waals surface area contributed by atoms with Gasteiger partial charge in [0.25, 0.3) is 0 Å². The van der Waals surface area contributed by atoms with Crippen LogP contribution in [0, 0.1) is 0 Å². The zero-order chi connectivity index (χ0) is 13.9. The lowest BCUT2D eigenvalue weighted by molar-refractivity contribution is -0.125. The molecule has 6 heteroatoms. The summed E-state index contributed by atoms with van der Waals surface area (Å²) >= 11 is 11.9. The van der Waals surface area contributed by atoms with E-state index in [4.69, 9.17) is 28.9 Å². The van der Waals surface area contributed by atoms with E-state index in [-0.39, 0.29) is 12.5 Å². The third-order valence-corrected chi connectivity index (χ3v) is 3.03. The summed E-state index contributed by atoms with van der Waals surface area (Å²) in [6.07, 6.45) is -0.975. The van der Waals surface area contributed by atoms with Crippen LogP contribution in [0.5, 0.6) is 0 Å². The lowest BCUT2D eigenvalue weighted by Gasteiger charge is -2.20. The molecule has 0 aliphatic heterocycles. The van der Waals surface area contributed by atoms with Crippen LogP contribution in [-0.4, -0.2) is 23.1 Å². The Morgan fingerprint density at radius 2 is 1.94 bits per heavy atom. The molecule has 1 unspecified atom stereocenters. The SMILES string of the molecule is CC(C)(N)C(=O)NCC(O)c1c(Cl)cccc1Cl. The Morgan fingerprint density at radius 3 is 2.39 bits per heavy atom. The van der Waals surface area contributed by atoms with Crippen molar-refractivity contribution in [2.45, 2.75) is 25.5 Å². The lowest BCUT2D eigenvalue weighted by atomic mass is 10.1. The van der Waals surface area contributed by atoms with Crippen LogP contribution in [0.4, 0.5) is 0 Å². The molecule has 4 N–H and O–H groups in total. The monoisotopic (exact) mass is 290 g/mol. The Bertz CT molecular complexity index is 424. The highest BCUT2D eigenvalue weighted by Gasteiger charge is 2.23. The number of carbonyl (C=O) groups excluding carboxylic acids is 1. The Kier molecular flexibility index (Phi) is 4.99. The summed E-state index contributed by atoms with van der Waals surface area (Å²) in [6, 6.07) is 4.93. The van der Waals surface area contributed by atoms with E-state index in [0.717, 1.165) is 0 Å². The van der Waals surface area contributed by atoms with Gasteiger partial charge in [0.15, 0.2) is 0 Å². The highest BCUT2D eigenvalue weighted by molar-refractivity contribution is 6.36. The summed E-state index contributed by atoms with van der Waals surface area (Å²) in [6.45, 7) is 3.16. The van der Waals surface area contributed by atoms with Gasteiger partial charge in [0.2, 0.25) is 5.91 Å². The average Bonchev–Trinajstić information content (AvgIpc) is 2.24. The van der Waals surface area contributed by atoms with E-state index < -0.39 is 11.6 Å². The number of nitrogens with two attached hydrogens (primary N) is 1. The Morgan fingerprint density at radius 1 is 1.44 bits per heavy atom. The molecule has 0 spiro atoms. The first-order valence-corrected chi connectivity index (χ1v) is 6.18. The van der Waals surface area contributed by atoms with Gasteiger partial charge in [-0.25, -0.2) is 0 Å². The Labute approximate surface area is 116 Å².